The maximum Gasteiger partial charge on any atom is 0.149 e. The van der Waals surface area contributed by atoms with E-state index in [-0.39, 0.29) is 0 Å². The molecule has 0 atom stereocenters. The number of nitrogens with one attached hydrogen (secondary N) is 1. The van der Waals surface area contributed by atoms with Crippen LogP contribution in [-0.2, 0) is 0 Å². The SMILES string of the molecule is CCC(CC)CNc1ncnc2snc(C)c12. The lowest BCUT2D eigenvalue weighted by Gasteiger charge is -2.14. The van der Waals surface area contributed by atoms with Crippen molar-refractivity contribution in [2.24, 2.45) is 5.92 Å². The first kappa shape index (κ1) is 12.2. The van der Waals surface area contributed by atoms with Crippen LogP contribution in [0.3, 0.4) is 0 Å². The van der Waals surface area contributed by atoms with Crippen LogP contribution < -0.4 is 5.32 Å². The van der Waals surface area contributed by atoms with Crippen molar-refractivity contribution in [3.05, 3.63) is 12.0 Å². The maximum atomic E-state index is 4.32. The summed E-state index contributed by atoms with van der Waals surface area (Å²) in [5.74, 6) is 1.63. The predicted molar refractivity (Wildman–Crippen MR) is 72.5 cm³/mol. The van der Waals surface area contributed by atoms with E-state index in [0.717, 1.165) is 28.3 Å². The Labute approximate surface area is 106 Å². The smallest absolute Gasteiger partial charge is 0.149 e. The molecule has 0 saturated heterocycles. The first-order valence-corrected chi connectivity index (χ1v) is 6.84. The van der Waals surface area contributed by atoms with Crippen molar-refractivity contribution in [3.8, 4) is 0 Å². The summed E-state index contributed by atoms with van der Waals surface area (Å²) in [6.45, 7) is 7.42. The largest absolute Gasteiger partial charge is 0.369 e. The van der Waals surface area contributed by atoms with Gasteiger partial charge >= 0.3 is 0 Å². The van der Waals surface area contributed by atoms with E-state index < -0.39 is 0 Å². The van der Waals surface area contributed by atoms with Crippen LogP contribution in [0.2, 0.25) is 0 Å². The second kappa shape index (κ2) is 5.40. The number of rotatable bonds is 5. The molecule has 0 bridgehead atoms. The lowest BCUT2D eigenvalue weighted by molar-refractivity contribution is 0.518. The molecule has 2 rings (SSSR count). The molecule has 0 spiro atoms. The molecule has 2 heterocycles. The van der Waals surface area contributed by atoms with Crippen LogP contribution in [0.25, 0.3) is 10.2 Å². The fraction of sp³-hybridized carbons (Fsp3) is 0.583. The highest BCUT2D eigenvalue weighted by Crippen LogP contribution is 2.25. The Hall–Kier alpha value is -1.23. The van der Waals surface area contributed by atoms with Gasteiger partial charge < -0.3 is 5.32 Å². The fourth-order valence-corrected chi connectivity index (χ4v) is 2.62. The van der Waals surface area contributed by atoms with Gasteiger partial charge in [0.05, 0.1) is 11.1 Å². The molecule has 0 aliphatic rings. The number of fused-ring (bicyclic) bond motifs is 1. The molecule has 0 unspecified atom stereocenters. The van der Waals surface area contributed by atoms with Crippen LogP contribution in [0.15, 0.2) is 6.33 Å². The number of aryl methyl sites for hydroxylation is 1. The lowest BCUT2D eigenvalue weighted by Crippen LogP contribution is -2.13. The first-order chi connectivity index (χ1) is 8.26. The quantitative estimate of drug-likeness (QED) is 0.885. The second-order valence-electron chi connectivity index (χ2n) is 4.23. The monoisotopic (exact) mass is 250 g/mol. The van der Waals surface area contributed by atoms with Gasteiger partial charge in [0.25, 0.3) is 0 Å². The molecule has 17 heavy (non-hydrogen) atoms. The summed E-state index contributed by atoms with van der Waals surface area (Å²) in [4.78, 5) is 9.52. The molecule has 0 aliphatic heterocycles. The van der Waals surface area contributed by atoms with Gasteiger partial charge in [-0.3, -0.25) is 0 Å². The minimum atomic E-state index is 0.701. The fourth-order valence-electron chi connectivity index (χ4n) is 1.87. The van der Waals surface area contributed by atoms with Crippen molar-refractivity contribution in [1.82, 2.24) is 14.3 Å². The summed E-state index contributed by atoms with van der Waals surface area (Å²) >= 11 is 1.43. The zero-order valence-electron chi connectivity index (χ0n) is 10.5. The molecule has 4 nitrogen and oxygen atoms in total. The highest BCUT2D eigenvalue weighted by Gasteiger charge is 2.11. The molecule has 92 valence electrons. The molecule has 0 aliphatic carbocycles. The van der Waals surface area contributed by atoms with Gasteiger partial charge in [0.1, 0.15) is 17.0 Å². The average Bonchev–Trinajstić information content (AvgIpc) is 2.73. The number of anilines is 1. The Balaban J connectivity index is 2.20. The third kappa shape index (κ3) is 2.54. The molecular formula is C12H18N4S. The standard InChI is InChI=1S/C12H18N4S/c1-4-9(5-2)6-13-11-10-8(3)16-17-12(10)15-7-14-11/h7,9H,4-6H2,1-3H3,(H,13,14,15). The predicted octanol–water partition coefficient (Wildman–Crippen LogP) is 3.24. The lowest BCUT2D eigenvalue weighted by atomic mass is 10.0. The van der Waals surface area contributed by atoms with Crippen LogP contribution in [0, 0.1) is 12.8 Å². The van der Waals surface area contributed by atoms with E-state index in [1.165, 1.54) is 24.4 Å². The zero-order chi connectivity index (χ0) is 12.3. The Morgan fingerprint density at radius 2 is 2.06 bits per heavy atom. The van der Waals surface area contributed by atoms with E-state index >= 15 is 0 Å². The summed E-state index contributed by atoms with van der Waals surface area (Å²) in [6.07, 6.45) is 3.99. The van der Waals surface area contributed by atoms with Crippen LogP contribution in [0.1, 0.15) is 32.4 Å². The van der Waals surface area contributed by atoms with Crippen molar-refractivity contribution < 1.29 is 0 Å². The minimum Gasteiger partial charge on any atom is -0.369 e. The number of hydrogen-bond donors (Lipinski definition) is 1. The molecule has 0 amide bonds. The van der Waals surface area contributed by atoms with Gasteiger partial charge in [-0.1, -0.05) is 26.7 Å². The van der Waals surface area contributed by atoms with E-state index in [0.29, 0.717) is 5.92 Å². The Morgan fingerprint density at radius 1 is 1.29 bits per heavy atom. The van der Waals surface area contributed by atoms with Crippen molar-refractivity contribution in [3.63, 3.8) is 0 Å². The Morgan fingerprint density at radius 3 is 2.76 bits per heavy atom. The molecule has 2 aromatic heterocycles. The van der Waals surface area contributed by atoms with Crippen LogP contribution in [0.4, 0.5) is 5.82 Å². The van der Waals surface area contributed by atoms with Crippen LogP contribution in [-0.4, -0.2) is 20.9 Å². The Bertz CT molecular complexity index is 490. The highest BCUT2D eigenvalue weighted by molar-refractivity contribution is 7.13. The average molecular weight is 250 g/mol. The van der Waals surface area contributed by atoms with E-state index in [1.54, 1.807) is 6.33 Å². The van der Waals surface area contributed by atoms with Crippen molar-refractivity contribution in [1.29, 1.82) is 0 Å². The highest BCUT2D eigenvalue weighted by atomic mass is 32.1. The van der Waals surface area contributed by atoms with Crippen molar-refractivity contribution >= 4 is 27.6 Å². The number of aromatic nitrogens is 3. The van der Waals surface area contributed by atoms with Gasteiger partial charge in [0, 0.05) is 6.54 Å². The Kier molecular flexibility index (Phi) is 3.89. The van der Waals surface area contributed by atoms with Gasteiger partial charge in [-0.05, 0) is 24.4 Å². The van der Waals surface area contributed by atoms with Crippen LogP contribution >= 0.6 is 11.5 Å². The van der Waals surface area contributed by atoms with E-state index in [9.17, 15) is 0 Å². The van der Waals surface area contributed by atoms with Gasteiger partial charge in [0.2, 0.25) is 0 Å². The third-order valence-electron chi connectivity index (χ3n) is 3.16. The van der Waals surface area contributed by atoms with Gasteiger partial charge in [-0.25, -0.2) is 9.97 Å². The van der Waals surface area contributed by atoms with Gasteiger partial charge in [-0.15, -0.1) is 0 Å². The maximum absolute atomic E-state index is 4.32. The molecule has 0 saturated carbocycles. The molecule has 0 fully saturated rings. The summed E-state index contributed by atoms with van der Waals surface area (Å²) in [5.41, 5.74) is 1.01. The van der Waals surface area contributed by atoms with E-state index in [1.807, 2.05) is 6.92 Å². The van der Waals surface area contributed by atoms with Gasteiger partial charge in [-0.2, -0.15) is 4.37 Å². The summed E-state index contributed by atoms with van der Waals surface area (Å²) in [6, 6.07) is 0. The van der Waals surface area contributed by atoms with Crippen molar-refractivity contribution in [2.45, 2.75) is 33.6 Å². The molecular weight excluding hydrogens is 232 g/mol. The normalized spacial score (nSPS) is 11.3. The zero-order valence-corrected chi connectivity index (χ0v) is 11.3. The molecule has 0 aromatic carbocycles. The molecule has 5 heteroatoms. The van der Waals surface area contributed by atoms with E-state index in [4.69, 9.17) is 0 Å². The van der Waals surface area contributed by atoms with Crippen molar-refractivity contribution in [2.75, 3.05) is 11.9 Å². The van der Waals surface area contributed by atoms with Crippen LogP contribution in [0.5, 0.6) is 0 Å². The number of nitrogens with zero attached hydrogens (tertiary/aromatic N) is 3. The first-order valence-electron chi connectivity index (χ1n) is 6.07. The third-order valence-corrected chi connectivity index (χ3v) is 4.00. The van der Waals surface area contributed by atoms with Gasteiger partial charge in [0.15, 0.2) is 0 Å². The molecule has 0 radical (unpaired) electrons. The molecule has 2 aromatic rings. The molecule has 1 N–H and O–H groups in total. The topological polar surface area (TPSA) is 50.7 Å². The second-order valence-corrected chi connectivity index (χ2v) is 4.99. The number of hydrogen-bond acceptors (Lipinski definition) is 5. The minimum absolute atomic E-state index is 0.701. The summed E-state index contributed by atoms with van der Waals surface area (Å²) in [5, 5.41) is 4.50. The van der Waals surface area contributed by atoms with E-state index in [2.05, 4.69) is 33.5 Å². The summed E-state index contributed by atoms with van der Waals surface area (Å²) < 4.78 is 4.32. The summed E-state index contributed by atoms with van der Waals surface area (Å²) in [7, 11) is 0.